The molecule has 0 aromatic heterocycles. The van der Waals surface area contributed by atoms with Gasteiger partial charge < -0.3 is 14.2 Å². The Labute approximate surface area is 129 Å². The number of hydrogen-bond donors (Lipinski definition) is 0. The Balaban J connectivity index is 1.99. The van der Waals surface area contributed by atoms with Gasteiger partial charge in [-0.2, -0.15) is 5.26 Å². The molecule has 0 N–H and O–H groups in total. The van der Waals surface area contributed by atoms with E-state index in [9.17, 15) is 13.7 Å². The van der Waals surface area contributed by atoms with Crippen molar-refractivity contribution in [3.63, 3.8) is 0 Å². The molecule has 6 nitrogen and oxygen atoms in total. The van der Waals surface area contributed by atoms with Crippen LogP contribution in [0.2, 0.25) is 0 Å². The second-order valence-electron chi connectivity index (χ2n) is 5.63. The molecule has 1 aliphatic carbocycles. The molecule has 1 fully saturated rings. The summed E-state index contributed by atoms with van der Waals surface area (Å²) in [5.41, 5.74) is -0.266. The molecule has 0 saturated heterocycles. The Hall–Kier alpha value is -1.78. The van der Waals surface area contributed by atoms with E-state index in [1.54, 1.807) is 18.2 Å². The minimum Gasteiger partial charge on any atom is -0.454 e. The van der Waals surface area contributed by atoms with Crippen molar-refractivity contribution in [2.75, 3.05) is 26.3 Å². The summed E-state index contributed by atoms with van der Waals surface area (Å²) in [4.78, 5) is 0. The summed E-state index contributed by atoms with van der Waals surface area (Å²) >= 11 is 0. The number of fused-ring (bicyclic) bond motifs is 1. The molecule has 1 aromatic carbocycles. The summed E-state index contributed by atoms with van der Waals surface area (Å²) in [7, 11) is -3.37. The summed E-state index contributed by atoms with van der Waals surface area (Å²) in [6.45, 7) is 2.52. The smallest absolute Gasteiger partial charge is 0.231 e. The Kier molecular flexibility index (Phi) is 3.54. The van der Waals surface area contributed by atoms with Gasteiger partial charge in [0.1, 0.15) is 5.41 Å². The van der Waals surface area contributed by atoms with Crippen molar-refractivity contribution >= 4 is 9.84 Å². The Morgan fingerprint density at radius 1 is 1.41 bits per heavy atom. The fraction of sp³-hybridized carbons (Fsp3) is 0.533. The van der Waals surface area contributed by atoms with E-state index in [0.29, 0.717) is 18.1 Å². The maximum atomic E-state index is 12.1. The van der Waals surface area contributed by atoms with E-state index in [-0.39, 0.29) is 13.4 Å². The molecule has 0 amide bonds. The van der Waals surface area contributed by atoms with Crippen LogP contribution in [0.4, 0.5) is 0 Å². The van der Waals surface area contributed by atoms with Crippen LogP contribution in [0.25, 0.3) is 0 Å². The molecule has 0 radical (unpaired) electrons. The Bertz CT molecular complexity index is 739. The number of rotatable bonds is 5. The predicted octanol–water partition coefficient (Wildman–Crippen LogP) is 1.47. The fourth-order valence-corrected chi connectivity index (χ4v) is 5.07. The van der Waals surface area contributed by atoms with Crippen LogP contribution in [0.15, 0.2) is 18.2 Å². The van der Waals surface area contributed by atoms with E-state index >= 15 is 0 Å². The lowest BCUT2D eigenvalue weighted by Gasteiger charge is -2.09. The van der Waals surface area contributed by atoms with Crippen molar-refractivity contribution in [3.8, 4) is 17.6 Å². The van der Waals surface area contributed by atoms with Crippen LogP contribution in [0.3, 0.4) is 0 Å². The molecule has 3 rings (SSSR count). The van der Waals surface area contributed by atoms with Crippen molar-refractivity contribution in [2.45, 2.75) is 18.1 Å². The summed E-state index contributed by atoms with van der Waals surface area (Å²) < 4.78 is 40.1. The first-order valence-corrected chi connectivity index (χ1v) is 8.97. The largest absolute Gasteiger partial charge is 0.454 e. The average molecular weight is 323 g/mol. The summed E-state index contributed by atoms with van der Waals surface area (Å²) in [5, 5.41) is 8.84. The zero-order chi connectivity index (χ0) is 16.0. The lowest BCUT2D eigenvalue weighted by molar-refractivity contribution is 0.117. The third kappa shape index (κ3) is 2.23. The fourth-order valence-electron chi connectivity index (χ4n) is 3.22. The van der Waals surface area contributed by atoms with Crippen LogP contribution in [-0.4, -0.2) is 39.9 Å². The zero-order valence-corrected chi connectivity index (χ0v) is 13.2. The highest BCUT2D eigenvalue weighted by molar-refractivity contribution is 7.91. The Morgan fingerprint density at radius 2 is 2.14 bits per heavy atom. The van der Waals surface area contributed by atoms with E-state index in [1.807, 2.05) is 6.92 Å². The third-order valence-corrected chi connectivity index (χ3v) is 5.84. The van der Waals surface area contributed by atoms with E-state index in [4.69, 9.17) is 14.2 Å². The maximum Gasteiger partial charge on any atom is 0.231 e. The minimum atomic E-state index is -3.37. The summed E-state index contributed by atoms with van der Waals surface area (Å²) in [5.74, 6) is 0.807. The lowest BCUT2D eigenvalue weighted by atomic mass is 10.0. The zero-order valence-electron chi connectivity index (χ0n) is 12.4. The van der Waals surface area contributed by atoms with E-state index in [0.717, 1.165) is 5.56 Å². The van der Waals surface area contributed by atoms with Crippen molar-refractivity contribution in [2.24, 2.45) is 5.41 Å². The molecule has 2 aliphatic rings. The molecule has 1 aromatic rings. The molecule has 0 spiro atoms. The molecule has 1 aliphatic heterocycles. The van der Waals surface area contributed by atoms with Gasteiger partial charge in [0.05, 0.1) is 17.9 Å². The highest BCUT2D eigenvalue weighted by Gasteiger charge is 2.71. The summed E-state index contributed by atoms with van der Waals surface area (Å²) in [6, 6.07) is 7.49. The predicted molar refractivity (Wildman–Crippen MR) is 78.5 cm³/mol. The van der Waals surface area contributed by atoms with Crippen LogP contribution in [-0.2, 0) is 14.6 Å². The molecule has 7 heteroatoms. The van der Waals surface area contributed by atoms with Crippen molar-refractivity contribution in [1.29, 1.82) is 5.26 Å². The SMILES string of the molecule is CCOC[C@]1(C#N)[C@H](c2ccc3c(c2)OCO3)[C@@H]1S(C)(=O)=O. The molecular weight excluding hydrogens is 306 g/mol. The van der Waals surface area contributed by atoms with E-state index < -0.39 is 26.4 Å². The van der Waals surface area contributed by atoms with Crippen molar-refractivity contribution in [3.05, 3.63) is 23.8 Å². The first-order valence-electron chi connectivity index (χ1n) is 7.01. The third-order valence-electron chi connectivity index (χ3n) is 4.23. The first-order chi connectivity index (χ1) is 10.4. The second-order valence-corrected chi connectivity index (χ2v) is 7.80. The standard InChI is InChI=1S/C15H17NO5S/c1-3-19-8-15(7-16)13(14(15)22(2,17)18)10-4-5-11-12(6-10)21-9-20-11/h4-6,13-14H,3,8-9H2,1-2H3/t13-,14+,15-/m1/s1. The van der Waals surface area contributed by atoms with Gasteiger partial charge in [-0.15, -0.1) is 0 Å². The number of nitriles is 1. The molecule has 118 valence electrons. The Morgan fingerprint density at radius 3 is 2.77 bits per heavy atom. The van der Waals surface area contributed by atoms with Gasteiger partial charge in [0.15, 0.2) is 21.3 Å². The minimum absolute atomic E-state index is 0.108. The van der Waals surface area contributed by atoms with Gasteiger partial charge in [0.25, 0.3) is 0 Å². The van der Waals surface area contributed by atoms with Crippen LogP contribution >= 0.6 is 0 Å². The highest BCUT2D eigenvalue weighted by Crippen LogP contribution is 2.63. The van der Waals surface area contributed by atoms with E-state index in [2.05, 4.69) is 6.07 Å². The highest BCUT2D eigenvalue weighted by atomic mass is 32.2. The first kappa shape index (κ1) is 15.1. The number of benzene rings is 1. The quantitative estimate of drug-likeness (QED) is 0.816. The normalized spacial score (nSPS) is 29.1. The molecule has 1 heterocycles. The topological polar surface area (TPSA) is 85.6 Å². The van der Waals surface area contributed by atoms with Crippen LogP contribution in [0.1, 0.15) is 18.4 Å². The van der Waals surface area contributed by atoms with Gasteiger partial charge in [0.2, 0.25) is 6.79 Å². The van der Waals surface area contributed by atoms with Crippen LogP contribution in [0, 0.1) is 16.7 Å². The molecule has 0 unspecified atom stereocenters. The number of hydrogen-bond acceptors (Lipinski definition) is 6. The lowest BCUT2D eigenvalue weighted by Crippen LogP contribution is -2.18. The van der Waals surface area contributed by atoms with Crippen LogP contribution < -0.4 is 9.47 Å². The molecule has 3 atom stereocenters. The molecule has 22 heavy (non-hydrogen) atoms. The van der Waals surface area contributed by atoms with Gasteiger partial charge in [-0.1, -0.05) is 6.07 Å². The van der Waals surface area contributed by atoms with Gasteiger partial charge in [-0.05, 0) is 24.6 Å². The number of ether oxygens (including phenoxy) is 3. The monoisotopic (exact) mass is 323 g/mol. The molecule has 1 saturated carbocycles. The van der Waals surface area contributed by atoms with Gasteiger partial charge in [0, 0.05) is 18.8 Å². The van der Waals surface area contributed by atoms with E-state index in [1.165, 1.54) is 6.26 Å². The van der Waals surface area contributed by atoms with Gasteiger partial charge in [-0.25, -0.2) is 8.42 Å². The number of nitrogens with zero attached hydrogens (tertiary/aromatic N) is 1. The van der Waals surface area contributed by atoms with Crippen LogP contribution in [0.5, 0.6) is 11.5 Å². The summed E-state index contributed by atoms with van der Waals surface area (Å²) in [6.07, 6.45) is 1.17. The average Bonchev–Trinajstić information content (AvgIpc) is 2.94. The second kappa shape index (κ2) is 5.14. The van der Waals surface area contributed by atoms with Crippen molar-refractivity contribution in [1.82, 2.24) is 0 Å². The number of sulfone groups is 1. The maximum absolute atomic E-state index is 12.1. The van der Waals surface area contributed by atoms with Crippen molar-refractivity contribution < 1.29 is 22.6 Å². The molecule has 0 bridgehead atoms. The van der Waals surface area contributed by atoms with Gasteiger partial charge in [-0.3, -0.25) is 0 Å². The molecular formula is C15H17NO5S. The van der Waals surface area contributed by atoms with Gasteiger partial charge >= 0.3 is 0 Å².